The van der Waals surface area contributed by atoms with Gasteiger partial charge < -0.3 is 0 Å². The second-order valence-electron chi connectivity index (χ2n) is 8.27. The number of hydrogen-bond donors (Lipinski definition) is 0. The number of halogens is 4. The van der Waals surface area contributed by atoms with E-state index in [-0.39, 0.29) is 10.6 Å². The van der Waals surface area contributed by atoms with Crippen LogP contribution in [-0.4, -0.2) is 62.1 Å². The average molecular weight is 817 g/mol. The van der Waals surface area contributed by atoms with E-state index in [1.165, 1.54) is 32.5 Å². The summed E-state index contributed by atoms with van der Waals surface area (Å²) in [4.78, 5) is 7.84. The molecule has 0 aliphatic heterocycles. The van der Waals surface area contributed by atoms with Crippen LogP contribution in [0.1, 0.15) is 68.2 Å². The largest absolute Gasteiger partial charge is 0.290 e. The SMILES string of the molecule is CCN(CCCN(CCCN(C(C)I)C(C)(C)I)C(C)(C)I)C(C)(C)I. The molecule has 1 unspecified atom stereocenters. The molecule has 0 aromatic rings. The molecule has 0 bridgehead atoms. The van der Waals surface area contributed by atoms with Crippen molar-refractivity contribution >= 4 is 90.4 Å². The molecule has 0 N–H and O–H groups in total. The van der Waals surface area contributed by atoms with E-state index in [4.69, 9.17) is 0 Å². The molecule has 1 atom stereocenters. The summed E-state index contributed by atoms with van der Waals surface area (Å²) >= 11 is 10.3. The van der Waals surface area contributed by atoms with Gasteiger partial charge in [-0.05, 0) is 67.9 Å². The van der Waals surface area contributed by atoms with Crippen LogP contribution in [0.4, 0.5) is 0 Å². The first-order valence-electron chi connectivity index (χ1n) is 9.58. The molecular formula is C19H39I4N3. The molecule has 26 heavy (non-hydrogen) atoms. The molecule has 0 spiro atoms. The van der Waals surface area contributed by atoms with Gasteiger partial charge in [-0.3, -0.25) is 14.7 Å². The highest BCUT2D eigenvalue weighted by Gasteiger charge is 2.28. The zero-order chi connectivity index (χ0) is 20.8. The molecule has 0 rings (SSSR count). The van der Waals surface area contributed by atoms with Gasteiger partial charge in [0.15, 0.2) is 0 Å². The molecule has 0 saturated heterocycles. The van der Waals surface area contributed by atoms with Crippen LogP contribution < -0.4 is 0 Å². The van der Waals surface area contributed by atoms with Crippen LogP contribution in [0.5, 0.6) is 0 Å². The summed E-state index contributed by atoms with van der Waals surface area (Å²) in [5, 5.41) is 0. The lowest BCUT2D eigenvalue weighted by atomic mass is 10.2. The Kier molecular flexibility index (Phi) is 14.0. The van der Waals surface area contributed by atoms with E-state index in [9.17, 15) is 0 Å². The van der Waals surface area contributed by atoms with Gasteiger partial charge in [0, 0.05) is 26.2 Å². The first kappa shape index (κ1) is 28.8. The third kappa shape index (κ3) is 11.8. The van der Waals surface area contributed by atoms with Gasteiger partial charge in [0.2, 0.25) is 0 Å². The Labute approximate surface area is 218 Å². The van der Waals surface area contributed by atoms with Gasteiger partial charge in [-0.1, -0.05) is 97.3 Å². The van der Waals surface area contributed by atoms with Gasteiger partial charge >= 0.3 is 0 Å². The summed E-state index contributed by atoms with van der Waals surface area (Å²) in [6.07, 6.45) is 2.46. The first-order valence-corrected chi connectivity index (χ1v) is 14.1. The molecule has 0 saturated carbocycles. The zero-order valence-electron chi connectivity index (χ0n) is 17.9. The third-order valence-corrected chi connectivity index (χ3v) is 7.34. The Morgan fingerprint density at radius 3 is 1.38 bits per heavy atom. The zero-order valence-corrected chi connectivity index (χ0v) is 26.5. The van der Waals surface area contributed by atoms with Crippen LogP contribution in [-0.2, 0) is 0 Å². The normalized spacial score (nSPS) is 15.3. The maximum atomic E-state index is 2.66. The van der Waals surface area contributed by atoms with E-state index in [1.807, 2.05) is 0 Å². The highest BCUT2D eigenvalue weighted by atomic mass is 127. The molecule has 0 amide bonds. The molecule has 3 nitrogen and oxygen atoms in total. The second-order valence-corrected chi connectivity index (χ2v) is 18.0. The van der Waals surface area contributed by atoms with Crippen molar-refractivity contribution in [2.75, 3.05) is 32.7 Å². The standard InChI is InChI=1S/C19H39I4N3/c1-9-24(17(3,4)21)12-10-13-25(18(5,6)22)14-11-15-26(16(2)20)19(7,8)23/h16H,9-15H2,1-8H3. The molecule has 0 aliphatic rings. The van der Waals surface area contributed by atoms with Crippen molar-refractivity contribution < 1.29 is 0 Å². The Hall–Kier alpha value is 2.80. The third-order valence-electron chi connectivity index (χ3n) is 4.68. The number of rotatable bonds is 13. The first-order chi connectivity index (χ1) is 11.6. The van der Waals surface area contributed by atoms with E-state index in [1.54, 1.807) is 0 Å². The van der Waals surface area contributed by atoms with Crippen LogP contribution in [0.3, 0.4) is 0 Å². The highest BCUT2D eigenvalue weighted by Crippen LogP contribution is 2.29. The number of alkyl halides is 4. The maximum Gasteiger partial charge on any atom is 0.0681 e. The molecule has 158 valence electrons. The molecule has 0 radical (unpaired) electrons. The van der Waals surface area contributed by atoms with Gasteiger partial charge in [0.25, 0.3) is 0 Å². The number of nitrogens with zero attached hydrogens (tertiary/aromatic N) is 3. The summed E-state index contributed by atoms with van der Waals surface area (Å²) in [5.74, 6) is 0. The molecule has 0 fully saturated rings. The monoisotopic (exact) mass is 817 g/mol. The lowest BCUT2D eigenvalue weighted by Crippen LogP contribution is -2.46. The molecule has 0 aliphatic carbocycles. The van der Waals surface area contributed by atoms with Crippen molar-refractivity contribution in [1.29, 1.82) is 0 Å². The predicted octanol–water partition coefficient (Wildman–Crippen LogP) is 6.99. The highest BCUT2D eigenvalue weighted by molar-refractivity contribution is 14.1. The van der Waals surface area contributed by atoms with E-state index in [2.05, 4.69) is 160 Å². The lowest BCUT2D eigenvalue weighted by Gasteiger charge is -2.39. The van der Waals surface area contributed by atoms with Gasteiger partial charge in [-0.25, -0.2) is 0 Å². The fourth-order valence-corrected chi connectivity index (χ4v) is 6.43. The van der Waals surface area contributed by atoms with Crippen LogP contribution in [0.25, 0.3) is 0 Å². The predicted molar refractivity (Wildman–Crippen MR) is 153 cm³/mol. The van der Waals surface area contributed by atoms with Gasteiger partial charge in [-0.15, -0.1) is 0 Å². The van der Waals surface area contributed by atoms with Crippen molar-refractivity contribution in [3.05, 3.63) is 0 Å². The summed E-state index contributed by atoms with van der Waals surface area (Å²) in [7, 11) is 0. The average Bonchev–Trinajstić information content (AvgIpc) is 2.40. The molecule has 0 heterocycles. The van der Waals surface area contributed by atoms with Crippen LogP contribution in [0, 0.1) is 0 Å². The maximum absolute atomic E-state index is 2.66. The van der Waals surface area contributed by atoms with E-state index >= 15 is 0 Å². The minimum absolute atomic E-state index is 0.204. The fourth-order valence-electron chi connectivity index (χ4n) is 3.19. The summed E-state index contributed by atoms with van der Waals surface area (Å²) in [6, 6.07) is 0. The van der Waals surface area contributed by atoms with Crippen molar-refractivity contribution in [3.8, 4) is 0 Å². The molecule has 7 heteroatoms. The van der Waals surface area contributed by atoms with Crippen molar-refractivity contribution in [1.82, 2.24) is 14.7 Å². The van der Waals surface area contributed by atoms with Crippen molar-refractivity contribution in [3.63, 3.8) is 0 Å². The van der Waals surface area contributed by atoms with E-state index < -0.39 is 0 Å². The quantitative estimate of drug-likeness (QED) is 0.113. The Balaban J connectivity index is 4.65. The number of hydrogen-bond acceptors (Lipinski definition) is 3. The van der Waals surface area contributed by atoms with Crippen molar-refractivity contribution in [2.45, 2.75) is 82.9 Å². The topological polar surface area (TPSA) is 9.72 Å². The summed E-state index contributed by atoms with van der Waals surface area (Å²) in [5.41, 5.74) is 0. The Morgan fingerprint density at radius 1 is 0.692 bits per heavy atom. The van der Waals surface area contributed by atoms with Gasteiger partial charge in [-0.2, -0.15) is 0 Å². The van der Waals surface area contributed by atoms with Gasteiger partial charge in [0.05, 0.1) is 14.7 Å². The lowest BCUT2D eigenvalue weighted by molar-refractivity contribution is 0.153. The van der Waals surface area contributed by atoms with Crippen molar-refractivity contribution in [2.24, 2.45) is 0 Å². The van der Waals surface area contributed by atoms with E-state index in [0.717, 1.165) is 13.1 Å². The van der Waals surface area contributed by atoms with E-state index in [0.29, 0.717) is 4.05 Å². The Bertz CT molecular complexity index is 384. The van der Waals surface area contributed by atoms with Crippen LogP contribution >= 0.6 is 90.4 Å². The minimum Gasteiger partial charge on any atom is -0.290 e. The fraction of sp³-hybridized carbons (Fsp3) is 1.00. The van der Waals surface area contributed by atoms with Crippen LogP contribution in [0.15, 0.2) is 0 Å². The smallest absolute Gasteiger partial charge is 0.0681 e. The van der Waals surface area contributed by atoms with Crippen LogP contribution in [0.2, 0.25) is 0 Å². The summed E-state index contributed by atoms with van der Waals surface area (Å²) < 4.78 is 1.20. The van der Waals surface area contributed by atoms with Gasteiger partial charge in [0.1, 0.15) is 0 Å². The minimum atomic E-state index is 0.204. The second kappa shape index (κ2) is 12.6. The molecule has 0 aromatic carbocycles. The Morgan fingerprint density at radius 2 is 1.08 bits per heavy atom. The molecule has 0 aromatic heterocycles. The summed E-state index contributed by atoms with van der Waals surface area (Å²) in [6.45, 7) is 24.3. The molecular weight excluding hydrogens is 778 g/mol.